The first kappa shape index (κ1) is 23.4. The number of carboxylic acids is 1. The molecular formula is C27H30N2O6. The van der Waals surface area contributed by atoms with E-state index in [0.717, 1.165) is 35.1 Å². The van der Waals surface area contributed by atoms with Gasteiger partial charge in [-0.25, -0.2) is 9.59 Å². The van der Waals surface area contributed by atoms with Crippen molar-refractivity contribution >= 4 is 18.0 Å². The lowest BCUT2D eigenvalue weighted by molar-refractivity contribution is -0.161. The lowest BCUT2D eigenvalue weighted by atomic mass is 9.98. The lowest BCUT2D eigenvalue weighted by Gasteiger charge is -2.26. The number of likely N-dealkylation sites (tertiary alicyclic amines) is 1. The summed E-state index contributed by atoms with van der Waals surface area (Å²) in [5.41, 5.74) is 3.13. The molecule has 1 unspecified atom stereocenters. The monoisotopic (exact) mass is 478 g/mol. The number of ether oxygens (including phenoxy) is 2. The van der Waals surface area contributed by atoms with E-state index in [2.05, 4.69) is 29.6 Å². The van der Waals surface area contributed by atoms with Crippen molar-refractivity contribution in [2.75, 3.05) is 26.8 Å². The summed E-state index contributed by atoms with van der Waals surface area (Å²) in [5, 5.41) is 12.3. The number of hydrogen-bond acceptors (Lipinski definition) is 5. The number of amides is 2. The zero-order valence-electron chi connectivity index (χ0n) is 19.7. The van der Waals surface area contributed by atoms with E-state index in [1.807, 2.05) is 24.3 Å². The van der Waals surface area contributed by atoms with Gasteiger partial charge in [0.25, 0.3) is 0 Å². The standard InChI is InChI=1S/C27H30N2O6/c1-34-27(25(31)32)12-13-29(16-27)24(30)23(14-17-10-11-17)28-26(33)35-15-22-20-8-4-2-6-18(20)19-7-3-5-9-21(19)22/h2-9,17,22-23H,10-16H2,1H3,(H,28,33)(H,31,32)/t23-,27?/m0/s1. The number of carbonyl (C=O) groups is 3. The van der Waals surface area contributed by atoms with Gasteiger partial charge in [-0.2, -0.15) is 0 Å². The Morgan fingerprint density at radius 2 is 1.71 bits per heavy atom. The second-order valence-corrected chi connectivity index (χ2v) is 9.71. The Balaban J connectivity index is 1.25. The zero-order valence-corrected chi connectivity index (χ0v) is 19.7. The third-order valence-corrected chi connectivity index (χ3v) is 7.52. The van der Waals surface area contributed by atoms with Crippen LogP contribution < -0.4 is 5.32 Å². The summed E-state index contributed by atoms with van der Waals surface area (Å²) in [4.78, 5) is 39.3. The Morgan fingerprint density at radius 3 is 2.26 bits per heavy atom. The maximum atomic E-state index is 13.3. The molecule has 1 aliphatic heterocycles. The number of fused-ring (bicyclic) bond motifs is 3. The van der Waals surface area contributed by atoms with Crippen molar-refractivity contribution in [2.45, 2.75) is 43.2 Å². The Labute approximate surface area is 204 Å². The first-order chi connectivity index (χ1) is 16.9. The number of carbonyl (C=O) groups excluding carboxylic acids is 2. The van der Waals surface area contributed by atoms with E-state index in [-0.39, 0.29) is 37.9 Å². The van der Waals surface area contributed by atoms with Crippen LogP contribution in [0.4, 0.5) is 4.79 Å². The third-order valence-electron chi connectivity index (χ3n) is 7.52. The van der Waals surface area contributed by atoms with Crippen molar-refractivity contribution in [2.24, 2.45) is 5.92 Å². The predicted octanol–water partition coefficient (Wildman–Crippen LogP) is 3.40. The highest BCUT2D eigenvalue weighted by atomic mass is 16.5. The third kappa shape index (κ3) is 4.50. The molecule has 5 rings (SSSR count). The molecule has 2 atom stereocenters. The molecule has 3 aliphatic rings. The maximum absolute atomic E-state index is 13.3. The molecule has 1 saturated heterocycles. The van der Waals surface area contributed by atoms with Crippen LogP contribution >= 0.6 is 0 Å². The molecule has 184 valence electrons. The van der Waals surface area contributed by atoms with Crippen LogP contribution in [0.1, 0.15) is 42.7 Å². The van der Waals surface area contributed by atoms with Crippen molar-refractivity contribution in [1.29, 1.82) is 0 Å². The number of nitrogens with zero attached hydrogens (tertiary/aromatic N) is 1. The fourth-order valence-corrected chi connectivity index (χ4v) is 5.31. The average Bonchev–Trinajstić information content (AvgIpc) is 3.47. The SMILES string of the molecule is COC1(C(=O)O)CCN(C(=O)[C@H](CC2CC2)NC(=O)OCC2c3ccccc3-c3ccccc32)C1. The second-order valence-electron chi connectivity index (χ2n) is 9.71. The van der Waals surface area contributed by atoms with Gasteiger partial charge >= 0.3 is 12.1 Å². The van der Waals surface area contributed by atoms with Gasteiger partial charge in [0.2, 0.25) is 5.91 Å². The Kier molecular flexibility index (Phi) is 6.23. The molecule has 0 spiro atoms. The summed E-state index contributed by atoms with van der Waals surface area (Å²) in [7, 11) is 1.35. The van der Waals surface area contributed by atoms with Gasteiger partial charge in [-0.3, -0.25) is 4.79 Å². The van der Waals surface area contributed by atoms with Crippen LogP contribution in [0.15, 0.2) is 48.5 Å². The molecule has 2 aromatic rings. The number of hydrogen-bond donors (Lipinski definition) is 2. The number of methoxy groups -OCH3 is 1. The van der Waals surface area contributed by atoms with Crippen molar-refractivity contribution in [1.82, 2.24) is 10.2 Å². The zero-order chi connectivity index (χ0) is 24.6. The molecule has 0 radical (unpaired) electrons. The summed E-state index contributed by atoms with van der Waals surface area (Å²) in [6.07, 6.45) is 2.14. The fraction of sp³-hybridized carbons (Fsp3) is 0.444. The average molecular weight is 479 g/mol. The molecule has 2 fully saturated rings. The Bertz CT molecular complexity index is 1100. The molecule has 0 aromatic heterocycles. The highest BCUT2D eigenvalue weighted by molar-refractivity contribution is 5.88. The lowest BCUT2D eigenvalue weighted by Crippen LogP contribution is -2.51. The van der Waals surface area contributed by atoms with E-state index >= 15 is 0 Å². The summed E-state index contributed by atoms with van der Waals surface area (Å²) in [6, 6.07) is 15.5. The van der Waals surface area contributed by atoms with Crippen LogP contribution in [-0.2, 0) is 19.1 Å². The van der Waals surface area contributed by atoms with Gasteiger partial charge in [-0.05, 0) is 34.6 Å². The van der Waals surface area contributed by atoms with Gasteiger partial charge in [0.05, 0.1) is 6.54 Å². The van der Waals surface area contributed by atoms with E-state index in [4.69, 9.17) is 9.47 Å². The smallest absolute Gasteiger partial charge is 0.407 e. The fourth-order valence-electron chi connectivity index (χ4n) is 5.31. The summed E-state index contributed by atoms with van der Waals surface area (Å²) in [6.45, 7) is 0.400. The highest BCUT2D eigenvalue weighted by Crippen LogP contribution is 2.44. The number of nitrogens with one attached hydrogen (secondary N) is 1. The molecule has 2 aromatic carbocycles. The van der Waals surface area contributed by atoms with Gasteiger partial charge in [0, 0.05) is 26.0 Å². The summed E-state index contributed by atoms with van der Waals surface area (Å²) >= 11 is 0. The van der Waals surface area contributed by atoms with Gasteiger partial charge in [-0.15, -0.1) is 0 Å². The minimum absolute atomic E-state index is 0.0365. The topological polar surface area (TPSA) is 105 Å². The van der Waals surface area contributed by atoms with Crippen LogP contribution in [0.25, 0.3) is 11.1 Å². The quantitative estimate of drug-likeness (QED) is 0.603. The molecule has 8 nitrogen and oxygen atoms in total. The van der Waals surface area contributed by atoms with Crippen LogP contribution in [0.5, 0.6) is 0 Å². The van der Waals surface area contributed by atoms with Crippen molar-refractivity contribution in [3.63, 3.8) is 0 Å². The number of alkyl carbamates (subject to hydrolysis) is 1. The van der Waals surface area contributed by atoms with Crippen LogP contribution in [0.2, 0.25) is 0 Å². The minimum Gasteiger partial charge on any atom is -0.479 e. The maximum Gasteiger partial charge on any atom is 0.407 e. The largest absolute Gasteiger partial charge is 0.479 e. The normalized spacial score (nSPS) is 21.8. The van der Waals surface area contributed by atoms with Gasteiger partial charge in [-0.1, -0.05) is 61.4 Å². The first-order valence-electron chi connectivity index (χ1n) is 12.1. The minimum atomic E-state index is -1.40. The van der Waals surface area contributed by atoms with Crippen LogP contribution in [0, 0.1) is 5.92 Å². The number of aliphatic carboxylic acids is 1. The molecule has 2 amide bonds. The van der Waals surface area contributed by atoms with Crippen LogP contribution in [0.3, 0.4) is 0 Å². The van der Waals surface area contributed by atoms with Crippen molar-refractivity contribution < 1.29 is 29.0 Å². The van der Waals surface area contributed by atoms with Crippen molar-refractivity contribution in [3.8, 4) is 11.1 Å². The van der Waals surface area contributed by atoms with Gasteiger partial charge in [0.1, 0.15) is 12.6 Å². The van der Waals surface area contributed by atoms with E-state index in [0.29, 0.717) is 12.3 Å². The highest BCUT2D eigenvalue weighted by Gasteiger charge is 2.48. The van der Waals surface area contributed by atoms with Gasteiger partial charge in [0.15, 0.2) is 5.60 Å². The molecular weight excluding hydrogens is 448 g/mol. The first-order valence-corrected chi connectivity index (χ1v) is 12.1. The molecule has 35 heavy (non-hydrogen) atoms. The van der Waals surface area contributed by atoms with E-state index in [1.54, 1.807) is 0 Å². The molecule has 1 saturated carbocycles. The van der Waals surface area contributed by atoms with E-state index in [9.17, 15) is 19.5 Å². The van der Waals surface area contributed by atoms with Gasteiger partial charge < -0.3 is 24.8 Å². The molecule has 0 bridgehead atoms. The summed E-state index contributed by atoms with van der Waals surface area (Å²) in [5.74, 6) is -1.06. The molecule has 2 N–H and O–H groups in total. The molecule has 1 heterocycles. The molecule has 2 aliphatic carbocycles. The summed E-state index contributed by atoms with van der Waals surface area (Å²) < 4.78 is 10.9. The van der Waals surface area contributed by atoms with Crippen LogP contribution in [-0.4, -0.2) is 66.4 Å². The number of rotatable bonds is 8. The Morgan fingerprint density at radius 1 is 1.09 bits per heavy atom. The van der Waals surface area contributed by atoms with E-state index in [1.165, 1.54) is 12.0 Å². The number of carboxylic acid groups (broad SMARTS) is 1. The number of benzene rings is 2. The Hall–Kier alpha value is -3.39. The molecule has 8 heteroatoms. The van der Waals surface area contributed by atoms with E-state index < -0.39 is 23.7 Å². The predicted molar refractivity (Wildman–Crippen MR) is 128 cm³/mol. The van der Waals surface area contributed by atoms with Crippen molar-refractivity contribution in [3.05, 3.63) is 59.7 Å². The second kappa shape index (κ2) is 9.34.